The summed E-state index contributed by atoms with van der Waals surface area (Å²) in [6.45, 7) is 8.99. The predicted octanol–water partition coefficient (Wildman–Crippen LogP) is 9.98. The molecule has 38 heavy (non-hydrogen) atoms. The number of hydrogen-bond acceptors (Lipinski definition) is 4. The third-order valence-electron chi connectivity index (χ3n) is 4.90. The molecule has 4 aromatic carbocycles. The van der Waals surface area contributed by atoms with Gasteiger partial charge in [-0.15, -0.1) is 0 Å². The second-order valence-electron chi connectivity index (χ2n) is 8.03. The highest BCUT2D eigenvalue weighted by molar-refractivity contribution is 5.44. The van der Waals surface area contributed by atoms with Crippen LogP contribution in [-0.2, 0) is 0 Å². The summed E-state index contributed by atoms with van der Waals surface area (Å²) in [5, 5.41) is 0. The lowest BCUT2D eigenvalue weighted by Crippen LogP contribution is -1.92. The first-order valence-corrected chi connectivity index (χ1v) is 11.3. The summed E-state index contributed by atoms with van der Waals surface area (Å²) < 4.78 is 20.6. The average Bonchev–Trinajstić information content (AvgIpc) is 3.50. The van der Waals surface area contributed by atoms with E-state index < -0.39 is 0 Å². The van der Waals surface area contributed by atoms with Crippen LogP contribution in [0.15, 0.2) is 97.1 Å². The van der Waals surface area contributed by atoms with Crippen LogP contribution in [0.2, 0.25) is 0 Å². The monoisotopic (exact) mass is 520 g/mol. The number of ether oxygens (including phenoxy) is 4. The smallest absolute Gasteiger partial charge is 0.231 e. The van der Waals surface area contributed by atoms with E-state index in [1.165, 1.54) is 22.3 Å². The van der Waals surface area contributed by atoms with Gasteiger partial charge in [0.1, 0.15) is 0 Å². The Hall–Kier alpha value is -3.92. The summed E-state index contributed by atoms with van der Waals surface area (Å²) in [6, 6.07) is 32.3. The third kappa shape index (κ3) is 12.4. The van der Waals surface area contributed by atoms with E-state index in [0.717, 1.165) is 23.0 Å². The highest BCUT2D eigenvalue weighted by atomic mass is 16.7. The van der Waals surface area contributed by atoms with Crippen LogP contribution < -0.4 is 18.9 Å². The van der Waals surface area contributed by atoms with Gasteiger partial charge in [0.25, 0.3) is 0 Å². The number of aryl methyl sites for hydroxylation is 4. The van der Waals surface area contributed by atoms with Crippen molar-refractivity contribution in [1.29, 1.82) is 0 Å². The van der Waals surface area contributed by atoms with Crippen LogP contribution in [0.5, 0.6) is 23.0 Å². The number of benzene rings is 4. The molecular formula is C34H48O4. The molecule has 208 valence electrons. The molecule has 0 saturated carbocycles. The zero-order valence-electron chi connectivity index (χ0n) is 20.3. The summed E-state index contributed by atoms with van der Waals surface area (Å²) in [5.74, 6) is 3.43. The Labute approximate surface area is 232 Å². The minimum Gasteiger partial charge on any atom is -0.454 e. The molecule has 0 fully saturated rings. The van der Waals surface area contributed by atoms with E-state index in [-0.39, 0.29) is 29.7 Å². The SMILES string of the molecule is C.C.C.C.Cc1ccc2c(c1)OCO2.Cc1ccc2c(c1)OCO2.Cc1cccc(C)c1.c1ccccc1. The first kappa shape index (κ1) is 36.2. The van der Waals surface area contributed by atoms with Gasteiger partial charge in [-0.25, -0.2) is 0 Å². The van der Waals surface area contributed by atoms with E-state index in [1.807, 2.05) is 86.6 Å². The molecule has 2 heterocycles. The van der Waals surface area contributed by atoms with Crippen LogP contribution in [0.4, 0.5) is 0 Å². The lowest BCUT2D eigenvalue weighted by atomic mass is 10.2. The molecule has 0 N–H and O–H groups in total. The van der Waals surface area contributed by atoms with Gasteiger partial charge in [0, 0.05) is 0 Å². The van der Waals surface area contributed by atoms with Gasteiger partial charge in [0.15, 0.2) is 23.0 Å². The van der Waals surface area contributed by atoms with Crippen molar-refractivity contribution in [2.45, 2.75) is 57.4 Å². The van der Waals surface area contributed by atoms with Crippen LogP contribution in [0.3, 0.4) is 0 Å². The molecule has 4 aromatic rings. The van der Waals surface area contributed by atoms with Crippen LogP contribution in [0.25, 0.3) is 0 Å². The topological polar surface area (TPSA) is 36.9 Å². The van der Waals surface area contributed by atoms with E-state index in [2.05, 4.69) is 38.1 Å². The van der Waals surface area contributed by atoms with Gasteiger partial charge in [0.05, 0.1) is 0 Å². The molecule has 0 aliphatic carbocycles. The first-order valence-electron chi connectivity index (χ1n) is 11.3. The van der Waals surface area contributed by atoms with Crippen LogP contribution in [-0.4, -0.2) is 13.6 Å². The van der Waals surface area contributed by atoms with Crippen molar-refractivity contribution in [3.63, 3.8) is 0 Å². The molecule has 0 atom stereocenters. The molecule has 0 aromatic heterocycles. The Morgan fingerprint density at radius 1 is 0.368 bits per heavy atom. The van der Waals surface area contributed by atoms with Crippen molar-refractivity contribution in [2.24, 2.45) is 0 Å². The van der Waals surface area contributed by atoms with Gasteiger partial charge in [-0.05, 0) is 63.1 Å². The Kier molecular flexibility index (Phi) is 18.3. The maximum absolute atomic E-state index is 5.16. The van der Waals surface area contributed by atoms with E-state index in [4.69, 9.17) is 18.9 Å². The maximum Gasteiger partial charge on any atom is 0.231 e. The van der Waals surface area contributed by atoms with Gasteiger partial charge in [0.2, 0.25) is 13.6 Å². The minimum absolute atomic E-state index is 0. The highest BCUT2D eigenvalue weighted by Gasteiger charge is 2.12. The first-order chi connectivity index (χ1) is 16.5. The zero-order chi connectivity index (χ0) is 24.2. The summed E-state index contributed by atoms with van der Waals surface area (Å²) in [4.78, 5) is 0. The van der Waals surface area contributed by atoms with Crippen molar-refractivity contribution >= 4 is 0 Å². The van der Waals surface area contributed by atoms with Crippen LogP contribution in [0.1, 0.15) is 52.0 Å². The molecule has 2 aliphatic rings. The molecule has 2 aliphatic heterocycles. The van der Waals surface area contributed by atoms with Crippen LogP contribution in [0, 0.1) is 27.7 Å². The summed E-state index contributed by atoms with van der Waals surface area (Å²) in [5.41, 5.74) is 5.07. The number of fused-ring (bicyclic) bond motifs is 2. The van der Waals surface area contributed by atoms with E-state index >= 15 is 0 Å². The van der Waals surface area contributed by atoms with Crippen molar-refractivity contribution in [3.8, 4) is 23.0 Å². The lowest BCUT2D eigenvalue weighted by molar-refractivity contribution is 0.173. The van der Waals surface area contributed by atoms with E-state index in [9.17, 15) is 0 Å². The summed E-state index contributed by atoms with van der Waals surface area (Å²) in [7, 11) is 0. The van der Waals surface area contributed by atoms with Crippen molar-refractivity contribution in [3.05, 3.63) is 119 Å². The van der Waals surface area contributed by atoms with Gasteiger partial charge in [-0.2, -0.15) is 0 Å². The Balaban J connectivity index is 0. The molecule has 0 spiro atoms. The van der Waals surface area contributed by atoms with Crippen LogP contribution >= 0.6 is 0 Å². The molecule has 0 amide bonds. The molecule has 0 saturated heterocycles. The van der Waals surface area contributed by atoms with Crippen molar-refractivity contribution < 1.29 is 18.9 Å². The fraction of sp³-hybridized carbons (Fsp3) is 0.294. The molecule has 6 rings (SSSR count). The van der Waals surface area contributed by atoms with E-state index in [1.54, 1.807) is 0 Å². The Bertz CT molecular complexity index is 1060. The van der Waals surface area contributed by atoms with Gasteiger partial charge < -0.3 is 18.9 Å². The molecular weight excluding hydrogens is 472 g/mol. The lowest BCUT2D eigenvalue weighted by Gasteiger charge is -1.94. The predicted molar refractivity (Wildman–Crippen MR) is 164 cm³/mol. The number of hydrogen-bond donors (Lipinski definition) is 0. The third-order valence-corrected chi connectivity index (χ3v) is 4.90. The molecule has 0 unspecified atom stereocenters. The van der Waals surface area contributed by atoms with Crippen molar-refractivity contribution in [2.75, 3.05) is 13.6 Å². The maximum atomic E-state index is 5.16. The second kappa shape index (κ2) is 19.2. The fourth-order valence-electron chi connectivity index (χ4n) is 3.20. The summed E-state index contributed by atoms with van der Waals surface area (Å²) >= 11 is 0. The van der Waals surface area contributed by atoms with E-state index in [0.29, 0.717) is 13.6 Å². The molecule has 0 bridgehead atoms. The summed E-state index contributed by atoms with van der Waals surface area (Å²) in [6.07, 6.45) is 0. The largest absolute Gasteiger partial charge is 0.454 e. The van der Waals surface area contributed by atoms with Gasteiger partial charge >= 0.3 is 0 Å². The molecule has 4 heteroatoms. The molecule has 0 radical (unpaired) electrons. The fourth-order valence-corrected chi connectivity index (χ4v) is 3.20. The Morgan fingerprint density at radius 3 is 1.00 bits per heavy atom. The zero-order valence-corrected chi connectivity index (χ0v) is 20.3. The quantitative estimate of drug-likeness (QED) is 0.231. The van der Waals surface area contributed by atoms with Crippen molar-refractivity contribution in [1.82, 2.24) is 0 Å². The normalized spacial score (nSPS) is 10.4. The number of rotatable bonds is 0. The average molecular weight is 521 g/mol. The second-order valence-corrected chi connectivity index (χ2v) is 8.03. The van der Waals surface area contributed by atoms with Gasteiger partial charge in [-0.1, -0.05) is 114 Å². The minimum atomic E-state index is 0. The van der Waals surface area contributed by atoms with Gasteiger partial charge in [-0.3, -0.25) is 0 Å². The Morgan fingerprint density at radius 2 is 0.684 bits per heavy atom. The standard InChI is InChI=1S/2C8H8O2.C8H10.C6H6.4CH4/c2*1-6-2-3-7-8(4-6)10-5-9-7;1-7-4-3-5-8(2)6-7;1-2-4-6-5-3-1;;;;/h2*2-4H,5H2,1H3;3-6H,1-2H3;1-6H;4*1H4. The molecule has 4 nitrogen and oxygen atoms in total. The highest BCUT2D eigenvalue weighted by Crippen LogP contribution is 2.32.